The number of aliphatic carboxylic acids is 1. The standard InChI is InChI=1S/C15H23N5O3S.C2H4O2/c1-11-5-7-12(8-6-11)24(21,22)18-10-4-9-17-14-20-19-13(23-14)15(2,3)16;1-2(3)4/h5-8,18H,4,9-10,16H2,1-3H3,(H,17,20);1H3,(H,3,4). The minimum absolute atomic E-state index is 0.257. The van der Waals surface area contributed by atoms with Crippen LogP contribution in [0.1, 0.15) is 38.6 Å². The molecule has 0 amide bonds. The smallest absolute Gasteiger partial charge is 0.315 e. The van der Waals surface area contributed by atoms with E-state index in [1.54, 1.807) is 38.1 Å². The molecular weight excluding hydrogens is 386 g/mol. The second-order valence-corrected chi connectivity index (χ2v) is 8.41. The molecule has 10 nitrogen and oxygen atoms in total. The van der Waals surface area contributed by atoms with Gasteiger partial charge in [-0.2, -0.15) is 0 Å². The van der Waals surface area contributed by atoms with E-state index in [1.807, 2.05) is 6.92 Å². The first-order valence-electron chi connectivity index (χ1n) is 8.54. The SMILES string of the molecule is CC(=O)O.Cc1ccc(S(=O)(=O)NCCCNc2nnc(C(C)(C)N)o2)cc1. The molecule has 0 saturated carbocycles. The van der Waals surface area contributed by atoms with Gasteiger partial charge in [0.25, 0.3) is 5.97 Å². The van der Waals surface area contributed by atoms with E-state index in [2.05, 4.69) is 20.2 Å². The van der Waals surface area contributed by atoms with Gasteiger partial charge in [-0.15, -0.1) is 5.10 Å². The first-order chi connectivity index (χ1) is 12.9. The maximum absolute atomic E-state index is 12.1. The average Bonchev–Trinajstić information content (AvgIpc) is 3.03. The number of anilines is 1. The van der Waals surface area contributed by atoms with E-state index in [0.717, 1.165) is 12.5 Å². The summed E-state index contributed by atoms with van der Waals surface area (Å²) in [4.78, 5) is 9.26. The molecule has 0 bridgehead atoms. The van der Waals surface area contributed by atoms with Crippen molar-refractivity contribution in [3.8, 4) is 0 Å². The average molecular weight is 414 g/mol. The van der Waals surface area contributed by atoms with E-state index in [-0.39, 0.29) is 10.9 Å². The van der Waals surface area contributed by atoms with E-state index in [1.165, 1.54) is 0 Å². The number of carbonyl (C=O) groups is 1. The zero-order chi connectivity index (χ0) is 21.4. The van der Waals surface area contributed by atoms with Crippen molar-refractivity contribution in [1.29, 1.82) is 0 Å². The Bertz CT molecular complexity index is 853. The van der Waals surface area contributed by atoms with Gasteiger partial charge < -0.3 is 20.6 Å². The van der Waals surface area contributed by atoms with Crippen LogP contribution in [0.4, 0.5) is 6.01 Å². The van der Waals surface area contributed by atoms with Crippen molar-refractivity contribution in [1.82, 2.24) is 14.9 Å². The summed E-state index contributed by atoms with van der Waals surface area (Å²) in [7, 11) is -3.48. The molecule has 0 unspecified atom stereocenters. The van der Waals surface area contributed by atoms with Crippen LogP contribution in [-0.4, -0.2) is 42.8 Å². The Hall–Kier alpha value is -2.50. The van der Waals surface area contributed by atoms with Crippen LogP contribution in [0.3, 0.4) is 0 Å². The van der Waals surface area contributed by atoms with Crippen LogP contribution in [0.5, 0.6) is 0 Å². The third kappa shape index (κ3) is 8.46. The molecule has 2 aromatic rings. The number of aryl methyl sites for hydroxylation is 1. The van der Waals surface area contributed by atoms with Crippen LogP contribution in [0, 0.1) is 6.92 Å². The van der Waals surface area contributed by atoms with Crippen LogP contribution in [-0.2, 0) is 20.4 Å². The summed E-state index contributed by atoms with van der Waals surface area (Å²) in [6.07, 6.45) is 0.564. The number of nitrogens with one attached hydrogen (secondary N) is 2. The number of sulfonamides is 1. The predicted molar refractivity (Wildman–Crippen MR) is 104 cm³/mol. The van der Waals surface area contributed by atoms with Gasteiger partial charge in [-0.05, 0) is 39.3 Å². The van der Waals surface area contributed by atoms with Crippen molar-refractivity contribution in [3.63, 3.8) is 0 Å². The minimum atomic E-state index is -3.48. The summed E-state index contributed by atoms with van der Waals surface area (Å²) >= 11 is 0. The van der Waals surface area contributed by atoms with Gasteiger partial charge in [0.15, 0.2) is 0 Å². The van der Waals surface area contributed by atoms with Gasteiger partial charge in [-0.1, -0.05) is 22.8 Å². The first-order valence-corrected chi connectivity index (χ1v) is 10.0. The van der Waals surface area contributed by atoms with Gasteiger partial charge in [0.1, 0.15) is 0 Å². The molecule has 0 fully saturated rings. The number of carboxylic acids is 1. The Morgan fingerprint density at radius 1 is 1.21 bits per heavy atom. The lowest BCUT2D eigenvalue weighted by molar-refractivity contribution is -0.134. The van der Waals surface area contributed by atoms with Gasteiger partial charge in [0.2, 0.25) is 15.9 Å². The Labute approximate surface area is 164 Å². The third-order valence-electron chi connectivity index (χ3n) is 3.23. The monoisotopic (exact) mass is 413 g/mol. The second-order valence-electron chi connectivity index (χ2n) is 6.64. The number of hydrogen-bond acceptors (Lipinski definition) is 8. The summed E-state index contributed by atoms with van der Waals surface area (Å²) in [5.74, 6) is -0.495. The predicted octanol–water partition coefficient (Wildman–Crippen LogP) is 1.44. The topological polar surface area (TPSA) is 160 Å². The molecule has 28 heavy (non-hydrogen) atoms. The number of aromatic nitrogens is 2. The van der Waals surface area contributed by atoms with Crippen molar-refractivity contribution in [2.45, 2.75) is 44.6 Å². The number of hydrogen-bond donors (Lipinski definition) is 4. The number of benzene rings is 1. The lowest BCUT2D eigenvalue weighted by Crippen LogP contribution is -2.29. The third-order valence-corrected chi connectivity index (χ3v) is 4.71. The maximum atomic E-state index is 12.1. The number of carboxylic acid groups (broad SMARTS) is 1. The Morgan fingerprint density at radius 3 is 2.29 bits per heavy atom. The molecule has 0 aliphatic carbocycles. The molecule has 0 spiro atoms. The molecule has 2 rings (SSSR count). The normalized spacial score (nSPS) is 11.5. The van der Waals surface area contributed by atoms with Crippen LogP contribution >= 0.6 is 0 Å². The summed E-state index contributed by atoms with van der Waals surface area (Å²) in [6.45, 7) is 7.31. The van der Waals surface area contributed by atoms with Crippen LogP contribution in [0.2, 0.25) is 0 Å². The minimum Gasteiger partial charge on any atom is -0.481 e. The highest BCUT2D eigenvalue weighted by molar-refractivity contribution is 7.89. The number of nitrogens with zero attached hydrogens (tertiary/aromatic N) is 2. The van der Waals surface area contributed by atoms with Crippen LogP contribution < -0.4 is 15.8 Å². The van der Waals surface area contributed by atoms with Crippen molar-refractivity contribution in [3.05, 3.63) is 35.7 Å². The van der Waals surface area contributed by atoms with Crippen molar-refractivity contribution >= 4 is 22.0 Å². The fraction of sp³-hybridized carbons (Fsp3) is 0.471. The van der Waals surface area contributed by atoms with E-state index in [0.29, 0.717) is 25.4 Å². The Kier molecular flexibility index (Phi) is 8.54. The lowest BCUT2D eigenvalue weighted by atomic mass is 10.1. The van der Waals surface area contributed by atoms with Crippen molar-refractivity contribution < 1.29 is 22.7 Å². The van der Waals surface area contributed by atoms with Crippen LogP contribution in [0.15, 0.2) is 33.6 Å². The van der Waals surface area contributed by atoms with Crippen LogP contribution in [0.25, 0.3) is 0 Å². The largest absolute Gasteiger partial charge is 0.481 e. The molecule has 0 aliphatic rings. The number of rotatable bonds is 8. The Morgan fingerprint density at radius 2 is 1.79 bits per heavy atom. The summed E-state index contributed by atoms with van der Waals surface area (Å²) in [5, 5.41) is 18.1. The highest BCUT2D eigenvalue weighted by Crippen LogP contribution is 2.16. The van der Waals surface area contributed by atoms with Gasteiger partial charge in [-0.3, -0.25) is 4.79 Å². The van der Waals surface area contributed by atoms with E-state index >= 15 is 0 Å². The molecule has 0 aliphatic heterocycles. The maximum Gasteiger partial charge on any atom is 0.315 e. The molecule has 1 heterocycles. The second kappa shape index (κ2) is 10.2. The van der Waals surface area contributed by atoms with Gasteiger partial charge in [-0.25, -0.2) is 13.1 Å². The molecule has 0 radical (unpaired) electrons. The summed E-state index contributed by atoms with van der Waals surface area (Å²) in [6, 6.07) is 6.98. The molecule has 5 N–H and O–H groups in total. The molecule has 0 atom stereocenters. The molecule has 156 valence electrons. The molecule has 1 aromatic carbocycles. The molecule has 1 aromatic heterocycles. The molecule has 0 saturated heterocycles. The molecular formula is C17H27N5O5S. The molecule has 11 heteroatoms. The number of nitrogens with two attached hydrogens (primary N) is 1. The summed E-state index contributed by atoms with van der Waals surface area (Å²) < 4.78 is 32.1. The fourth-order valence-electron chi connectivity index (χ4n) is 1.85. The van der Waals surface area contributed by atoms with Crippen molar-refractivity contribution in [2.75, 3.05) is 18.4 Å². The summed E-state index contributed by atoms with van der Waals surface area (Å²) in [5.41, 5.74) is 6.17. The zero-order valence-corrected chi connectivity index (χ0v) is 17.2. The fourth-order valence-corrected chi connectivity index (χ4v) is 2.92. The van der Waals surface area contributed by atoms with Gasteiger partial charge in [0.05, 0.1) is 10.4 Å². The highest BCUT2D eigenvalue weighted by atomic mass is 32.2. The van der Waals surface area contributed by atoms with E-state index in [9.17, 15) is 8.42 Å². The van der Waals surface area contributed by atoms with Crippen molar-refractivity contribution in [2.24, 2.45) is 5.73 Å². The van der Waals surface area contributed by atoms with Gasteiger partial charge >= 0.3 is 6.01 Å². The zero-order valence-electron chi connectivity index (χ0n) is 16.4. The Balaban J connectivity index is 0.000000892. The quantitative estimate of drug-likeness (QED) is 0.469. The van der Waals surface area contributed by atoms with E-state index in [4.69, 9.17) is 20.1 Å². The highest BCUT2D eigenvalue weighted by Gasteiger charge is 2.21. The van der Waals surface area contributed by atoms with E-state index < -0.39 is 21.5 Å². The van der Waals surface area contributed by atoms with Gasteiger partial charge in [0, 0.05) is 20.0 Å². The lowest BCUT2D eigenvalue weighted by Gasteiger charge is -2.11. The first kappa shape index (κ1) is 23.5.